The van der Waals surface area contributed by atoms with Crippen LogP contribution in [-0.2, 0) is 20.7 Å². The van der Waals surface area contributed by atoms with Crippen LogP contribution in [0.25, 0.3) is 5.52 Å². The summed E-state index contributed by atoms with van der Waals surface area (Å²) in [4.78, 5) is 56.8. The number of imide groups is 1. The largest absolute Gasteiger partial charge is 0.508 e. The van der Waals surface area contributed by atoms with Crippen LogP contribution in [0, 0.1) is 13.8 Å². The Morgan fingerprint density at radius 3 is 2.53 bits per heavy atom. The van der Waals surface area contributed by atoms with Crippen molar-refractivity contribution in [3.8, 4) is 5.75 Å². The summed E-state index contributed by atoms with van der Waals surface area (Å²) in [6.07, 6.45) is 4.12. The zero-order valence-corrected chi connectivity index (χ0v) is 25.2. The lowest BCUT2D eigenvalue weighted by Gasteiger charge is -2.21. The van der Waals surface area contributed by atoms with E-state index in [1.807, 2.05) is 20.8 Å². The molecule has 1 fully saturated rings. The summed E-state index contributed by atoms with van der Waals surface area (Å²) in [7, 11) is 0. The van der Waals surface area contributed by atoms with Crippen molar-refractivity contribution < 1.29 is 33.8 Å². The maximum Gasteiger partial charge on any atom is 0.419 e. The predicted octanol–water partition coefficient (Wildman–Crippen LogP) is 4.42. The van der Waals surface area contributed by atoms with Gasteiger partial charge in [0.05, 0.1) is 12.0 Å². The molecule has 1 aliphatic carbocycles. The summed E-state index contributed by atoms with van der Waals surface area (Å²) in [5.74, 6) is -0.863. The maximum absolute atomic E-state index is 13.6. The first-order valence-electron chi connectivity index (χ1n) is 14.6. The molecule has 0 bridgehead atoms. The quantitative estimate of drug-likeness (QED) is 0.163. The summed E-state index contributed by atoms with van der Waals surface area (Å²) in [6.45, 7) is 5.57. The van der Waals surface area contributed by atoms with Gasteiger partial charge in [-0.3, -0.25) is 14.4 Å². The van der Waals surface area contributed by atoms with Crippen LogP contribution in [0.15, 0.2) is 55.0 Å². The van der Waals surface area contributed by atoms with Crippen molar-refractivity contribution in [2.75, 3.05) is 18.7 Å². The lowest BCUT2D eigenvalue weighted by Crippen LogP contribution is -2.39. The fraction of sp³-hybridized carbons (Fsp3) is 0.312. The van der Waals surface area contributed by atoms with Crippen molar-refractivity contribution in [2.24, 2.45) is 0 Å². The Hall–Kier alpha value is -5.46. The van der Waals surface area contributed by atoms with Gasteiger partial charge in [0.2, 0.25) is 6.79 Å². The summed E-state index contributed by atoms with van der Waals surface area (Å²) >= 11 is 0. The number of hydrogen-bond acceptors (Lipinski definition) is 10. The number of aromatic nitrogens is 3. The van der Waals surface area contributed by atoms with Crippen LogP contribution in [0.4, 0.5) is 16.3 Å². The molecule has 0 spiro atoms. The Morgan fingerprint density at radius 2 is 1.82 bits per heavy atom. The molecule has 2 aromatic heterocycles. The number of carbonyl (C=O) groups excluding carboxylic acids is 4. The van der Waals surface area contributed by atoms with E-state index in [1.54, 1.807) is 41.0 Å². The number of nitrogens with one attached hydrogen (secondary N) is 2. The van der Waals surface area contributed by atoms with Gasteiger partial charge < -0.3 is 25.2 Å². The second kappa shape index (κ2) is 13.5. The smallest absolute Gasteiger partial charge is 0.419 e. The van der Waals surface area contributed by atoms with Gasteiger partial charge in [-0.1, -0.05) is 25.1 Å². The van der Waals surface area contributed by atoms with Gasteiger partial charge >= 0.3 is 12.1 Å². The van der Waals surface area contributed by atoms with Crippen molar-refractivity contribution >= 4 is 40.9 Å². The van der Waals surface area contributed by atoms with E-state index in [9.17, 15) is 24.3 Å². The van der Waals surface area contributed by atoms with Gasteiger partial charge in [-0.05, 0) is 74.1 Å². The molecule has 0 radical (unpaired) electrons. The van der Waals surface area contributed by atoms with Gasteiger partial charge in [-0.15, -0.1) is 0 Å². The third-order valence-electron chi connectivity index (χ3n) is 7.36. The molecule has 13 heteroatoms. The first-order valence-corrected chi connectivity index (χ1v) is 14.6. The number of benzene rings is 2. The maximum atomic E-state index is 13.6. The van der Waals surface area contributed by atoms with Crippen molar-refractivity contribution in [1.29, 1.82) is 0 Å². The molecule has 234 valence electrons. The number of esters is 1. The average Bonchev–Trinajstić information content (AvgIpc) is 3.79. The van der Waals surface area contributed by atoms with E-state index in [2.05, 4.69) is 20.7 Å². The highest BCUT2D eigenvalue weighted by Gasteiger charge is 2.39. The second-order valence-electron chi connectivity index (χ2n) is 10.8. The average molecular weight is 615 g/mol. The number of phenolic OH excluding ortho intramolecular Hbond substituents is 1. The molecule has 13 nitrogen and oxygen atoms in total. The van der Waals surface area contributed by atoms with E-state index in [0.717, 1.165) is 16.9 Å². The molecule has 3 N–H and O–H groups in total. The van der Waals surface area contributed by atoms with Crippen molar-refractivity contribution in [2.45, 2.75) is 52.5 Å². The second-order valence-corrected chi connectivity index (χ2v) is 10.8. The molecular formula is C32H34N6O7. The minimum Gasteiger partial charge on any atom is -0.508 e. The Kier molecular flexibility index (Phi) is 9.26. The van der Waals surface area contributed by atoms with Crippen molar-refractivity contribution in [3.05, 3.63) is 82.8 Å². The molecule has 1 aliphatic rings. The van der Waals surface area contributed by atoms with Gasteiger partial charge in [-0.25, -0.2) is 19.2 Å². The lowest BCUT2D eigenvalue weighted by molar-refractivity contribution is -0.151. The number of phenols is 1. The molecule has 5 rings (SSSR count). The molecule has 0 unspecified atom stereocenters. The molecule has 45 heavy (non-hydrogen) atoms. The Morgan fingerprint density at radius 1 is 1.07 bits per heavy atom. The van der Waals surface area contributed by atoms with Crippen LogP contribution in [0.2, 0.25) is 0 Å². The van der Waals surface area contributed by atoms with Crippen LogP contribution in [-0.4, -0.2) is 67.9 Å². The highest BCUT2D eigenvalue weighted by Crippen LogP contribution is 2.31. The van der Waals surface area contributed by atoms with Gasteiger partial charge in [0, 0.05) is 30.0 Å². The van der Waals surface area contributed by atoms with Crippen LogP contribution in [0.3, 0.4) is 0 Å². The highest BCUT2D eigenvalue weighted by molar-refractivity contribution is 6.04. The first kappa shape index (κ1) is 31.0. The number of anilines is 2. The van der Waals surface area contributed by atoms with E-state index in [-0.39, 0.29) is 29.7 Å². The Labute approximate surface area is 259 Å². The molecule has 0 saturated heterocycles. The molecule has 3 amide bonds. The van der Waals surface area contributed by atoms with Crippen LogP contribution < -0.4 is 10.6 Å². The van der Waals surface area contributed by atoms with Crippen LogP contribution >= 0.6 is 0 Å². The number of carbonyl (C=O) groups is 4. The summed E-state index contributed by atoms with van der Waals surface area (Å²) in [5, 5.41) is 19.8. The van der Waals surface area contributed by atoms with E-state index in [1.165, 1.54) is 18.5 Å². The molecule has 4 aromatic rings. The van der Waals surface area contributed by atoms with Gasteiger partial charge in [0.15, 0.2) is 5.82 Å². The Balaban J connectivity index is 1.28. The number of aryl methyl sites for hydroxylation is 2. The molecule has 0 atom stereocenters. The zero-order valence-electron chi connectivity index (χ0n) is 25.2. The first-order chi connectivity index (χ1) is 21.7. The van der Waals surface area contributed by atoms with E-state index < -0.39 is 24.8 Å². The number of hydrogen-bond donors (Lipinski definition) is 3. The third kappa shape index (κ3) is 7.20. The topological polar surface area (TPSA) is 164 Å². The zero-order chi connectivity index (χ0) is 32.1. The van der Waals surface area contributed by atoms with Gasteiger partial charge in [0.1, 0.15) is 17.6 Å². The van der Waals surface area contributed by atoms with E-state index >= 15 is 0 Å². The molecular weight excluding hydrogens is 580 g/mol. The van der Waals surface area contributed by atoms with Gasteiger partial charge in [-0.2, -0.15) is 5.10 Å². The normalized spacial score (nSPS) is 12.4. The Bertz CT molecular complexity index is 1750. The van der Waals surface area contributed by atoms with E-state index in [0.29, 0.717) is 53.1 Å². The lowest BCUT2D eigenvalue weighted by atomic mass is 10.1. The summed E-state index contributed by atoms with van der Waals surface area (Å²) in [6, 6.07) is 10.8. The van der Waals surface area contributed by atoms with Gasteiger partial charge in [0.25, 0.3) is 11.8 Å². The minimum atomic E-state index is -0.912. The number of fused-ring (bicyclic) bond motifs is 1. The molecule has 0 aliphatic heterocycles. The number of amides is 3. The number of aromatic hydroxyl groups is 1. The number of ether oxygens (including phenoxy) is 2. The van der Waals surface area contributed by atoms with Crippen molar-refractivity contribution in [3.63, 3.8) is 0 Å². The number of rotatable bonds is 11. The monoisotopic (exact) mass is 614 g/mol. The summed E-state index contributed by atoms with van der Waals surface area (Å²) < 4.78 is 11.8. The van der Waals surface area contributed by atoms with Crippen LogP contribution in [0.1, 0.15) is 63.6 Å². The fourth-order valence-electron chi connectivity index (χ4n) is 4.75. The third-order valence-corrected chi connectivity index (χ3v) is 7.36. The number of nitrogens with zero attached hydrogens (tertiary/aromatic N) is 4. The fourth-order valence-corrected chi connectivity index (χ4v) is 4.75. The minimum absolute atomic E-state index is 0.0724. The molecule has 2 heterocycles. The van der Waals surface area contributed by atoms with Crippen LogP contribution in [0.5, 0.6) is 5.75 Å². The molecule has 2 aromatic carbocycles. The SMILES string of the molecule is CCCNC(=O)c1cn2ncnc(Nc3cc(C(=O)N(C(=O)OCOC(=O)Cc4ccc(O)cc4)C4CC4)ccc3C)c2c1C. The predicted molar refractivity (Wildman–Crippen MR) is 163 cm³/mol. The molecule has 1 saturated carbocycles. The summed E-state index contributed by atoms with van der Waals surface area (Å²) in [5.41, 5.74) is 4.04. The van der Waals surface area contributed by atoms with Crippen molar-refractivity contribution in [1.82, 2.24) is 24.8 Å². The standard InChI is InChI=1S/C32H34N6O7/c1-4-13-33-30(41)25-16-37-28(20(25)3)29(34-17-35-37)36-26-15-22(8-5-19(26)2)31(42)38(23-9-10-23)32(43)45-18-44-27(40)14-21-6-11-24(39)12-7-21/h5-8,11-12,15-17,23,39H,4,9-10,13-14,18H2,1-3H3,(H,33,41)(H,34,35,36). The highest BCUT2D eigenvalue weighted by atomic mass is 16.7. The van der Waals surface area contributed by atoms with E-state index in [4.69, 9.17) is 9.47 Å².